The van der Waals surface area contributed by atoms with E-state index >= 15 is 0 Å². The molecular weight excluding hydrogens is 396 g/mol. The third-order valence-electron chi connectivity index (χ3n) is 4.58. The molecule has 6 heteroatoms. The Kier molecular flexibility index (Phi) is 6.19. The average molecular weight is 417 g/mol. The molecule has 0 saturated carbocycles. The lowest BCUT2D eigenvalue weighted by Gasteiger charge is -2.34. The summed E-state index contributed by atoms with van der Waals surface area (Å²) in [5.41, 5.74) is 1.43. The molecule has 136 valence electrons. The van der Waals surface area contributed by atoms with Crippen molar-refractivity contribution in [2.75, 3.05) is 39.3 Å². The third-order valence-corrected chi connectivity index (χ3v) is 5.11. The molecule has 0 radical (unpaired) electrons. The zero-order valence-electron chi connectivity index (χ0n) is 14.4. The van der Waals surface area contributed by atoms with Crippen molar-refractivity contribution >= 4 is 27.6 Å². The number of ketones is 1. The summed E-state index contributed by atoms with van der Waals surface area (Å²) in [4.78, 5) is 29.8. The maximum atomic E-state index is 13.0. The zero-order valence-corrected chi connectivity index (χ0v) is 16.0. The SMILES string of the molecule is O=C(c1ccc(Br)cc1)c1ccccc1C(=O)N1CCN(CCO)CC1. The Morgan fingerprint density at radius 2 is 1.54 bits per heavy atom. The molecular formula is C20H21BrN2O3. The fourth-order valence-corrected chi connectivity index (χ4v) is 3.38. The lowest BCUT2D eigenvalue weighted by molar-refractivity contribution is 0.0612. The van der Waals surface area contributed by atoms with Gasteiger partial charge in [-0.15, -0.1) is 0 Å². The van der Waals surface area contributed by atoms with E-state index in [-0.39, 0.29) is 18.3 Å². The van der Waals surface area contributed by atoms with E-state index in [4.69, 9.17) is 5.11 Å². The van der Waals surface area contributed by atoms with Gasteiger partial charge in [-0.1, -0.05) is 34.1 Å². The summed E-state index contributed by atoms with van der Waals surface area (Å²) in [5, 5.41) is 9.03. The van der Waals surface area contributed by atoms with Crippen LogP contribution in [0.15, 0.2) is 53.0 Å². The number of halogens is 1. The highest BCUT2D eigenvalue weighted by molar-refractivity contribution is 9.10. The zero-order chi connectivity index (χ0) is 18.5. The molecule has 0 spiro atoms. The van der Waals surface area contributed by atoms with Gasteiger partial charge in [0.2, 0.25) is 0 Å². The van der Waals surface area contributed by atoms with E-state index in [1.165, 1.54) is 0 Å². The van der Waals surface area contributed by atoms with Gasteiger partial charge in [0.1, 0.15) is 0 Å². The van der Waals surface area contributed by atoms with Crippen molar-refractivity contribution in [2.24, 2.45) is 0 Å². The number of piperazine rings is 1. The first-order valence-corrected chi connectivity index (χ1v) is 9.41. The Hall–Kier alpha value is -2.02. The lowest BCUT2D eigenvalue weighted by Crippen LogP contribution is -2.49. The van der Waals surface area contributed by atoms with Crippen molar-refractivity contribution in [3.63, 3.8) is 0 Å². The fourth-order valence-electron chi connectivity index (χ4n) is 3.11. The molecule has 1 aliphatic rings. The standard InChI is InChI=1S/C20H21BrN2O3/c21-16-7-5-15(6-8-16)19(25)17-3-1-2-4-18(17)20(26)23-11-9-22(10-12-23)13-14-24/h1-8,24H,9-14H2. The lowest BCUT2D eigenvalue weighted by atomic mass is 9.97. The quantitative estimate of drug-likeness (QED) is 0.760. The van der Waals surface area contributed by atoms with Crippen LogP contribution in [0.5, 0.6) is 0 Å². The number of benzene rings is 2. The predicted octanol–water partition coefficient (Wildman–Crippen LogP) is 2.43. The Morgan fingerprint density at radius 1 is 0.923 bits per heavy atom. The van der Waals surface area contributed by atoms with Gasteiger partial charge >= 0.3 is 0 Å². The maximum absolute atomic E-state index is 13.0. The molecule has 0 aromatic heterocycles. The maximum Gasteiger partial charge on any atom is 0.254 e. The van der Waals surface area contributed by atoms with Crippen molar-refractivity contribution in [3.8, 4) is 0 Å². The second kappa shape index (κ2) is 8.58. The van der Waals surface area contributed by atoms with Gasteiger partial charge in [-0.3, -0.25) is 14.5 Å². The van der Waals surface area contributed by atoms with Crippen LogP contribution in [0.3, 0.4) is 0 Å². The minimum Gasteiger partial charge on any atom is -0.395 e. The van der Waals surface area contributed by atoms with E-state index in [0.717, 1.165) is 17.6 Å². The van der Waals surface area contributed by atoms with Gasteiger partial charge in [0, 0.05) is 48.3 Å². The van der Waals surface area contributed by atoms with Gasteiger partial charge in [0.25, 0.3) is 5.91 Å². The van der Waals surface area contributed by atoms with Crippen molar-refractivity contribution in [3.05, 3.63) is 69.7 Å². The summed E-state index contributed by atoms with van der Waals surface area (Å²) in [6.45, 7) is 3.41. The molecule has 3 rings (SSSR count). The number of carbonyl (C=O) groups excluding carboxylic acids is 2. The van der Waals surface area contributed by atoms with E-state index in [2.05, 4.69) is 20.8 Å². The van der Waals surface area contributed by atoms with Crippen LogP contribution in [-0.4, -0.2) is 65.9 Å². The first kappa shape index (κ1) is 18.8. The van der Waals surface area contributed by atoms with E-state index < -0.39 is 0 Å². The Morgan fingerprint density at radius 3 is 2.15 bits per heavy atom. The number of amides is 1. The number of hydrogen-bond acceptors (Lipinski definition) is 4. The second-order valence-electron chi connectivity index (χ2n) is 6.24. The average Bonchev–Trinajstić information content (AvgIpc) is 2.68. The minimum absolute atomic E-state index is 0.116. The van der Waals surface area contributed by atoms with Crippen LogP contribution in [0.2, 0.25) is 0 Å². The molecule has 2 aromatic rings. The molecule has 0 bridgehead atoms. The number of aliphatic hydroxyl groups is 1. The summed E-state index contributed by atoms with van der Waals surface area (Å²) >= 11 is 3.36. The molecule has 1 heterocycles. The van der Waals surface area contributed by atoms with E-state index in [9.17, 15) is 9.59 Å². The van der Waals surface area contributed by atoms with Gasteiger partial charge in [-0.2, -0.15) is 0 Å². The smallest absolute Gasteiger partial charge is 0.254 e. The highest BCUT2D eigenvalue weighted by atomic mass is 79.9. The number of rotatable bonds is 5. The highest BCUT2D eigenvalue weighted by Gasteiger charge is 2.25. The van der Waals surface area contributed by atoms with E-state index in [0.29, 0.717) is 36.3 Å². The van der Waals surface area contributed by atoms with Crippen LogP contribution in [0.25, 0.3) is 0 Å². The van der Waals surface area contributed by atoms with Crippen LogP contribution in [-0.2, 0) is 0 Å². The van der Waals surface area contributed by atoms with E-state index in [1.807, 2.05) is 12.1 Å². The molecule has 0 aliphatic carbocycles. The minimum atomic E-state index is -0.152. The van der Waals surface area contributed by atoms with Gasteiger partial charge < -0.3 is 10.0 Å². The molecule has 26 heavy (non-hydrogen) atoms. The third kappa shape index (κ3) is 4.20. The molecule has 2 aromatic carbocycles. The predicted molar refractivity (Wildman–Crippen MR) is 103 cm³/mol. The van der Waals surface area contributed by atoms with Crippen molar-refractivity contribution in [2.45, 2.75) is 0 Å². The molecule has 1 aliphatic heterocycles. The summed E-state index contributed by atoms with van der Waals surface area (Å²) < 4.78 is 0.902. The molecule has 1 saturated heterocycles. The van der Waals surface area contributed by atoms with Crippen LogP contribution >= 0.6 is 15.9 Å². The molecule has 0 atom stereocenters. The largest absolute Gasteiger partial charge is 0.395 e. The van der Waals surface area contributed by atoms with Crippen LogP contribution < -0.4 is 0 Å². The first-order valence-electron chi connectivity index (χ1n) is 8.62. The van der Waals surface area contributed by atoms with Gasteiger partial charge in [0.05, 0.1) is 12.2 Å². The number of aliphatic hydroxyl groups excluding tert-OH is 1. The molecule has 1 N–H and O–H groups in total. The number of hydrogen-bond donors (Lipinski definition) is 1. The van der Waals surface area contributed by atoms with Gasteiger partial charge in [-0.25, -0.2) is 0 Å². The topological polar surface area (TPSA) is 60.9 Å². The normalized spacial score (nSPS) is 15.1. The molecule has 0 unspecified atom stereocenters. The second-order valence-corrected chi connectivity index (χ2v) is 7.15. The fraction of sp³-hybridized carbons (Fsp3) is 0.300. The Labute approximate surface area is 161 Å². The van der Waals surface area contributed by atoms with Crippen molar-refractivity contribution in [1.82, 2.24) is 9.80 Å². The summed E-state index contributed by atoms with van der Waals surface area (Å²) in [6.07, 6.45) is 0. The van der Waals surface area contributed by atoms with Crippen LogP contribution in [0, 0.1) is 0 Å². The highest BCUT2D eigenvalue weighted by Crippen LogP contribution is 2.19. The molecule has 1 fully saturated rings. The monoisotopic (exact) mass is 416 g/mol. The number of carbonyl (C=O) groups is 2. The Balaban J connectivity index is 1.80. The Bertz CT molecular complexity index is 784. The van der Waals surface area contributed by atoms with Crippen LogP contribution in [0.4, 0.5) is 0 Å². The number of β-amino-alcohol motifs (C(OH)–C–C–N with tert-alkyl or cyclic N) is 1. The van der Waals surface area contributed by atoms with Crippen LogP contribution in [0.1, 0.15) is 26.3 Å². The summed E-state index contributed by atoms with van der Waals surface area (Å²) in [7, 11) is 0. The van der Waals surface area contributed by atoms with Gasteiger partial charge in [0.15, 0.2) is 5.78 Å². The van der Waals surface area contributed by atoms with Crippen molar-refractivity contribution in [1.29, 1.82) is 0 Å². The van der Waals surface area contributed by atoms with Gasteiger partial charge in [-0.05, 0) is 30.3 Å². The number of nitrogens with zero attached hydrogens (tertiary/aromatic N) is 2. The molecule has 1 amide bonds. The summed E-state index contributed by atoms with van der Waals surface area (Å²) in [6, 6.07) is 14.1. The summed E-state index contributed by atoms with van der Waals surface area (Å²) in [5.74, 6) is -0.268. The first-order chi connectivity index (χ1) is 12.6. The molecule has 5 nitrogen and oxygen atoms in total. The van der Waals surface area contributed by atoms with Crippen molar-refractivity contribution < 1.29 is 14.7 Å². The van der Waals surface area contributed by atoms with E-state index in [1.54, 1.807) is 41.3 Å².